The van der Waals surface area contributed by atoms with Crippen molar-refractivity contribution in [3.63, 3.8) is 0 Å². The lowest BCUT2D eigenvalue weighted by atomic mass is 9.99. The zero-order valence-corrected chi connectivity index (χ0v) is 18.3. The number of rotatable bonds is 5. The number of piperidine rings is 1. The van der Waals surface area contributed by atoms with Gasteiger partial charge in [0.05, 0.1) is 28.3 Å². The van der Waals surface area contributed by atoms with E-state index in [9.17, 15) is 13.2 Å². The van der Waals surface area contributed by atoms with Crippen LogP contribution in [0.25, 0.3) is 0 Å². The summed E-state index contributed by atoms with van der Waals surface area (Å²) in [6.07, 6.45) is 2.09. The normalized spacial score (nSPS) is 17.1. The van der Waals surface area contributed by atoms with Crippen LogP contribution in [0, 0.1) is 5.92 Å². The quantitative estimate of drug-likeness (QED) is 0.709. The van der Waals surface area contributed by atoms with Gasteiger partial charge in [0.1, 0.15) is 5.75 Å². The van der Waals surface area contributed by atoms with Gasteiger partial charge >= 0.3 is 0 Å². The fourth-order valence-electron chi connectivity index (χ4n) is 3.46. The number of benzene rings is 2. The molecular formula is C21H25ClN2O4S. The molecule has 0 bridgehead atoms. The molecule has 156 valence electrons. The number of nitrogens with zero attached hydrogens (tertiary/aromatic N) is 2. The van der Waals surface area contributed by atoms with E-state index < -0.39 is 10.0 Å². The minimum absolute atomic E-state index is 0.117. The lowest BCUT2D eigenvalue weighted by Gasteiger charge is -2.31. The van der Waals surface area contributed by atoms with E-state index in [1.165, 1.54) is 32.4 Å². The summed E-state index contributed by atoms with van der Waals surface area (Å²) >= 11 is 6.37. The summed E-state index contributed by atoms with van der Waals surface area (Å²) in [6, 6.07) is 10.9. The van der Waals surface area contributed by atoms with E-state index in [2.05, 4.69) is 6.92 Å². The maximum atomic E-state index is 12.9. The molecule has 8 heteroatoms. The highest BCUT2D eigenvalue weighted by Gasteiger charge is 2.26. The minimum Gasteiger partial charge on any atom is -0.497 e. The Balaban J connectivity index is 1.83. The van der Waals surface area contributed by atoms with Gasteiger partial charge in [-0.15, -0.1) is 0 Å². The van der Waals surface area contributed by atoms with Crippen LogP contribution in [-0.2, 0) is 10.0 Å². The smallest absolute Gasteiger partial charge is 0.264 e. The molecule has 2 aromatic rings. The molecule has 1 amide bonds. The van der Waals surface area contributed by atoms with Crippen LogP contribution in [0.1, 0.15) is 30.1 Å². The van der Waals surface area contributed by atoms with Gasteiger partial charge in [-0.3, -0.25) is 9.10 Å². The first kappa shape index (κ1) is 21.5. The van der Waals surface area contributed by atoms with Gasteiger partial charge in [0, 0.05) is 20.1 Å². The number of hydrogen-bond acceptors (Lipinski definition) is 4. The molecule has 6 nitrogen and oxygen atoms in total. The molecule has 1 aliphatic heterocycles. The van der Waals surface area contributed by atoms with Gasteiger partial charge in [-0.05, 0) is 61.2 Å². The zero-order valence-electron chi connectivity index (χ0n) is 16.8. The van der Waals surface area contributed by atoms with Gasteiger partial charge in [0.25, 0.3) is 15.9 Å². The third kappa shape index (κ3) is 4.51. The number of methoxy groups -OCH3 is 1. The second kappa shape index (κ2) is 8.63. The van der Waals surface area contributed by atoms with Crippen LogP contribution >= 0.6 is 11.6 Å². The van der Waals surface area contributed by atoms with Gasteiger partial charge in [0.2, 0.25) is 0 Å². The molecule has 1 saturated heterocycles. The monoisotopic (exact) mass is 436 g/mol. The van der Waals surface area contributed by atoms with E-state index in [-0.39, 0.29) is 15.8 Å². The molecule has 3 rings (SSSR count). The summed E-state index contributed by atoms with van der Waals surface area (Å²) in [6.45, 7) is 3.55. The predicted molar refractivity (Wildman–Crippen MR) is 114 cm³/mol. The maximum absolute atomic E-state index is 12.9. The number of anilines is 1. The Morgan fingerprint density at radius 2 is 1.90 bits per heavy atom. The molecule has 0 saturated carbocycles. The van der Waals surface area contributed by atoms with Crippen molar-refractivity contribution in [2.24, 2.45) is 5.92 Å². The van der Waals surface area contributed by atoms with Crippen molar-refractivity contribution >= 4 is 33.2 Å². The third-order valence-corrected chi connectivity index (χ3v) is 7.32. The molecule has 0 N–H and O–H groups in total. The summed E-state index contributed by atoms with van der Waals surface area (Å²) in [5.74, 6) is 0.921. The molecule has 1 fully saturated rings. The maximum Gasteiger partial charge on any atom is 0.264 e. The summed E-state index contributed by atoms with van der Waals surface area (Å²) < 4.78 is 32.0. The second-order valence-electron chi connectivity index (χ2n) is 7.31. The van der Waals surface area contributed by atoms with Gasteiger partial charge in [-0.1, -0.05) is 18.5 Å². The van der Waals surface area contributed by atoms with Crippen molar-refractivity contribution in [3.05, 3.63) is 53.1 Å². The molecule has 1 heterocycles. The van der Waals surface area contributed by atoms with E-state index in [1.54, 1.807) is 24.3 Å². The van der Waals surface area contributed by atoms with Crippen LogP contribution in [-0.4, -0.2) is 46.5 Å². The second-order valence-corrected chi connectivity index (χ2v) is 9.69. The topological polar surface area (TPSA) is 66.9 Å². The highest BCUT2D eigenvalue weighted by atomic mass is 35.5. The first-order chi connectivity index (χ1) is 13.7. The van der Waals surface area contributed by atoms with Crippen molar-refractivity contribution in [1.29, 1.82) is 0 Å². The van der Waals surface area contributed by atoms with Gasteiger partial charge < -0.3 is 9.64 Å². The van der Waals surface area contributed by atoms with E-state index in [1.807, 2.05) is 4.90 Å². The van der Waals surface area contributed by atoms with Crippen LogP contribution in [0.5, 0.6) is 5.75 Å². The summed E-state index contributed by atoms with van der Waals surface area (Å²) in [5.41, 5.74) is 0.772. The average Bonchev–Trinajstić information content (AvgIpc) is 2.72. The van der Waals surface area contributed by atoms with Crippen LogP contribution in [0.15, 0.2) is 47.4 Å². The molecule has 0 aromatic heterocycles. The van der Waals surface area contributed by atoms with Crippen LogP contribution in [0.4, 0.5) is 5.69 Å². The zero-order chi connectivity index (χ0) is 21.2. The number of ether oxygens (including phenoxy) is 1. The van der Waals surface area contributed by atoms with Gasteiger partial charge in [-0.25, -0.2) is 8.42 Å². The molecular weight excluding hydrogens is 412 g/mol. The molecule has 29 heavy (non-hydrogen) atoms. The van der Waals surface area contributed by atoms with E-state index >= 15 is 0 Å². The molecule has 0 unspecified atom stereocenters. The fraction of sp³-hybridized carbons (Fsp3) is 0.381. The molecule has 0 spiro atoms. The first-order valence-corrected chi connectivity index (χ1v) is 11.3. The summed E-state index contributed by atoms with van der Waals surface area (Å²) in [7, 11) is -0.795. The van der Waals surface area contributed by atoms with Crippen molar-refractivity contribution in [2.75, 3.05) is 31.6 Å². The van der Waals surface area contributed by atoms with Crippen molar-refractivity contribution in [1.82, 2.24) is 4.90 Å². The lowest BCUT2D eigenvalue weighted by Crippen LogP contribution is -2.39. The van der Waals surface area contributed by atoms with Crippen molar-refractivity contribution < 1.29 is 17.9 Å². The van der Waals surface area contributed by atoms with Crippen molar-refractivity contribution in [3.8, 4) is 5.75 Å². The molecule has 2 aromatic carbocycles. The Kier molecular flexibility index (Phi) is 6.39. The van der Waals surface area contributed by atoms with Crippen molar-refractivity contribution in [2.45, 2.75) is 24.7 Å². The summed E-state index contributed by atoms with van der Waals surface area (Å²) in [4.78, 5) is 14.8. The van der Waals surface area contributed by atoms with E-state index in [4.69, 9.17) is 16.3 Å². The van der Waals surface area contributed by atoms with Gasteiger partial charge in [0.15, 0.2) is 0 Å². The predicted octanol–water partition coefficient (Wildman–Crippen LogP) is 4.05. The standard InChI is InChI=1S/C21H25ClN2O4S/c1-15-5-4-12-24(14-15)21(25)19-11-6-16(13-20(19)22)23(2)29(26,27)18-9-7-17(28-3)8-10-18/h6-11,13,15H,4-5,12,14H2,1-3H3/t15-/m0/s1. The highest BCUT2D eigenvalue weighted by Crippen LogP contribution is 2.29. The Morgan fingerprint density at radius 1 is 1.21 bits per heavy atom. The average molecular weight is 437 g/mol. The van der Waals surface area contributed by atoms with Crippen LogP contribution in [0.3, 0.4) is 0 Å². The Hall–Kier alpha value is -2.25. The Bertz CT molecular complexity index is 992. The number of halogens is 1. The van der Waals surface area contributed by atoms with E-state index in [0.717, 1.165) is 17.1 Å². The number of carbonyl (C=O) groups excluding carboxylic acids is 1. The largest absolute Gasteiger partial charge is 0.497 e. The molecule has 1 aliphatic rings. The van der Waals surface area contributed by atoms with E-state index in [0.29, 0.717) is 36.0 Å². The van der Waals surface area contributed by atoms with Crippen LogP contribution < -0.4 is 9.04 Å². The SMILES string of the molecule is COc1ccc(S(=O)(=O)N(C)c2ccc(C(=O)N3CCC[C@H](C)C3)c(Cl)c2)cc1. The number of hydrogen-bond donors (Lipinski definition) is 0. The minimum atomic E-state index is -3.77. The first-order valence-electron chi connectivity index (χ1n) is 9.46. The number of likely N-dealkylation sites (tertiary alicyclic amines) is 1. The highest BCUT2D eigenvalue weighted by molar-refractivity contribution is 7.92. The third-order valence-electron chi connectivity index (χ3n) is 5.21. The number of sulfonamides is 1. The number of carbonyl (C=O) groups is 1. The van der Waals surface area contributed by atoms with Crippen LogP contribution in [0.2, 0.25) is 5.02 Å². The Morgan fingerprint density at radius 3 is 2.48 bits per heavy atom. The molecule has 1 atom stereocenters. The molecule has 0 aliphatic carbocycles. The van der Waals surface area contributed by atoms with Gasteiger partial charge in [-0.2, -0.15) is 0 Å². The lowest BCUT2D eigenvalue weighted by molar-refractivity contribution is 0.0683. The summed E-state index contributed by atoms with van der Waals surface area (Å²) in [5, 5.41) is 0.238. The fourth-order valence-corrected chi connectivity index (χ4v) is 4.91. The number of amides is 1. The Labute approximate surface area is 177 Å². The molecule has 0 radical (unpaired) electrons.